The summed E-state index contributed by atoms with van der Waals surface area (Å²) in [4.78, 5) is 8.39. The predicted octanol–water partition coefficient (Wildman–Crippen LogP) is 5.33. The molecule has 158 valence electrons. The van der Waals surface area contributed by atoms with Gasteiger partial charge in [0.15, 0.2) is 0 Å². The van der Waals surface area contributed by atoms with Gasteiger partial charge in [-0.2, -0.15) is 10.4 Å². The Balaban J connectivity index is 1.84. The van der Waals surface area contributed by atoms with Crippen LogP contribution in [0.25, 0.3) is 22.2 Å². The van der Waals surface area contributed by atoms with Gasteiger partial charge in [-0.15, -0.1) is 0 Å². The van der Waals surface area contributed by atoms with Crippen LogP contribution < -0.4 is 11.1 Å². The van der Waals surface area contributed by atoms with Gasteiger partial charge in [-0.1, -0.05) is 35.9 Å². The summed E-state index contributed by atoms with van der Waals surface area (Å²) in [7, 11) is 0. The molecular weight excluding hydrogens is 431 g/mol. The van der Waals surface area contributed by atoms with Crippen LogP contribution in [0, 0.1) is 22.7 Å². The highest BCUT2D eigenvalue weighted by Gasteiger charge is 2.22. The number of aromatic nitrogens is 3. The maximum atomic E-state index is 13.9. The molecule has 0 saturated carbocycles. The average Bonchev–Trinajstić information content (AvgIpc) is 3.12. The van der Waals surface area contributed by atoms with Gasteiger partial charge in [0.05, 0.1) is 23.3 Å². The highest BCUT2D eigenvalue weighted by Crippen LogP contribution is 2.37. The SMILES string of the molecule is N#Cc1c(-c2ccc(Cl)cc2)c2c(N)ncnc2n1C/C(=C/Nc1ccccc1F)N=N. The van der Waals surface area contributed by atoms with Crippen LogP contribution >= 0.6 is 11.6 Å². The molecule has 0 saturated heterocycles. The molecule has 0 unspecified atom stereocenters. The zero-order valence-electron chi connectivity index (χ0n) is 16.5. The van der Waals surface area contributed by atoms with Gasteiger partial charge >= 0.3 is 0 Å². The van der Waals surface area contributed by atoms with Crippen LogP contribution in [0.2, 0.25) is 5.02 Å². The van der Waals surface area contributed by atoms with Gasteiger partial charge in [-0.05, 0) is 29.8 Å². The maximum Gasteiger partial charge on any atom is 0.147 e. The van der Waals surface area contributed by atoms with Crippen LogP contribution in [-0.2, 0) is 6.54 Å². The standard InChI is InChI=1S/C22H16ClFN8/c23-14-7-5-13(6-8-14)19-18(9-25)32(22-20(19)21(26)29-12-30-22)11-15(31-27)10-28-17-4-2-1-3-16(17)24/h1-8,10,12,27-28H,11H2,(H2,26,29,30)/b15-10-,31-27?. The van der Waals surface area contributed by atoms with Gasteiger partial charge in [0.25, 0.3) is 0 Å². The van der Waals surface area contributed by atoms with E-state index in [-0.39, 0.29) is 29.4 Å². The first-order chi connectivity index (χ1) is 15.5. The molecule has 4 aromatic rings. The van der Waals surface area contributed by atoms with Crippen LogP contribution in [0.1, 0.15) is 5.69 Å². The van der Waals surface area contributed by atoms with Crippen molar-refractivity contribution in [2.75, 3.05) is 11.1 Å². The van der Waals surface area contributed by atoms with Crippen LogP contribution in [-0.4, -0.2) is 14.5 Å². The van der Waals surface area contributed by atoms with E-state index in [2.05, 4.69) is 26.5 Å². The van der Waals surface area contributed by atoms with Crippen molar-refractivity contribution in [3.05, 3.63) is 83.3 Å². The van der Waals surface area contributed by atoms with Gasteiger partial charge < -0.3 is 15.6 Å². The third-order valence-corrected chi connectivity index (χ3v) is 5.09. The summed E-state index contributed by atoms with van der Waals surface area (Å²) in [5.74, 6) is -0.226. The molecule has 0 aliphatic heterocycles. The topological polar surface area (TPSA) is 129 Å². The summed E-state index contributed by atoms with van der Waals surface area (Å²) in [5.41, 5.74) is 16.1. The van der Waals surface area contributed by atoms with E-state index in [9.17, 15) is 9.65 Å². The van der Waals surface area contributed by atoms with Crippen LogP contribution in [0.5, 0.6) is 0 Å². The number of halogens is 2. The number of anilines is 2. The number of benzene rings is 2. The Morgan fingerprint density at radius 1 is 1.25 bits per heavy atom. The fraction of sp³-hybridized carbons (Fsp3) is 0.0455. The molecule has 0 aliphatic rings. The molecule has 10 heteroatoms. The Kier molecular flexibility index (Phi) is 5.79. The molecule has 0 spiro atoms. The monoisotopic (exact) mass is 446 g/mol. The summed E-state index contributed by atoms with van der Waals surface area (Å²) in [6.07, 6.45) is 2.71. The third kappa shape index (κ3) is 3.87. The first kappa shape index (κ1) is 21.0. The van der Waals surface area contributed by atoms with Gasteiger partial charge in [0, 0.05) is 16.8 Å². The number of nitrogens with zero attached hydrogens (tertiary/aromatic N) is 5. The first-order valence-electron chi connectivity index (χ1n) is 9.39. The first-order valence-corrected chi connectivity index (χ1v) is 9.77. The Labute approximate surface area is 187 Å². The van der Waals surface area contributed by atoms with Crippen molar-refractivity contribution in [3.8, 4) is 17.2 Å². The van der Waals surface area contributed by atoms with Gasteiger partial charge in [0.1, 0.15) is 35.4 Å². The predicted molar refractivity (Wildman–Crippen MR) is 120 cm³/mol. The molecule has 0 fully saturated rings. The molecule has 0 atom stereocenters. The smallest absolute Gasteiger partial charge is 0.147 e. The van der Waals surface area contributed by atoms with E-state index >= 15 is 0 Å². The number of nitrogens with two attached hydrogens (primary N) is 1. The summed E-state index contributed by atoms with van der Waals surface area (Å²) in [5, 5.41) is 17.4. The van der Waals surface area contributed by atoms with E-state index in [4.69, 9.17) is 22.9 Å². The molecule has 4 rings (SSSR count). The molecule has 32 heavy (non-hydrogen) atoms. The molecule has 2 heterocycles. The Bertz CT molecular complexity index is 1390. The van der Waals surface area contributed by atoms with Crippen LogP contribution in [0.3, 0.4) is 0 Å². The second-order valence-electron chi connectivity index (χ2n) is 6.76. The molecule has 0 aliphatic carbocycles. The minimum atomic E-state index is -0.442. The minimum Gasteiger partial charge on any atom is -0.383 e. The van der Waals surface area contributed by atoms with Crippen molar-refractivity contribution >= 4 is 34.1 Å². The summed E-state index contributed by atoms with van der Waals surface area (Å²) in [6.45, 7) is 0.0222. The Morgan fingerprint density at radius 3 is 2.69 bits per heavy atom. The van der Waals surface area contributed by atoms with Gasteiger partial charge in [-0.3, -0.25) is 0 Å². The zero-order chi connectivity index (χ0) is 22.7. The summed E-state index contributed by atoms with van der Waals surface area (Å²) >= 11 is 6.02. The number of allylic oxidation sites excluding steroid dienone is 1. The Morgan fingerprint density at radius 2 is 2.00 bits per heavy atom. The number of hydrogen-bond acceptors (Lipinski definition) is 7. The van der Waals surface area contributed by atoms with Crippen molar-refractivity contribution in [1.29, 1.82) is 10.8 Å². The van der Waals surface area contributed by atoms with E-state index in [1.54, 1.807) is 47.0 Å². The molecule has 0 radical (unpaired) electrons. The molecule has 0 bridgehead atoms. The molecule has 2 aromatic heterocycles. The number of hydrogen-bond donors (Lipinski definition) is 3. The summed E-state index contributed by atoms with van der Waals surface area (Å²) in [6, 6.07) is 15.3. The van der Waals surface area contributed by atoms with E-state index in [0.29, 0.717) is 27.2 Å². The second-order valence-corrected chi connectivity index (χ2v) is 7.19. The molecule has 2 aromatic carbocycles. The van der Waals surface area contributed by atoms with Crippen molar-refractivity contribution in [1.82, 2.24) is 14.5 Å². The normalized spacial score (nSPS) is 11.3. The number of nitrogen functional groups attached to an aromatic ring is 1. The lowest BCUT2D eigenvalue weighted by Crippen LogP contribution is -2.06. The van der Waals surface area contributed by atoms with Crippen molar-refractivity contribution in [3.63, 3.8) is 0 Å². The minimum absolute atomic E-state index is 0.0222. The largest absolute Gasteiger partial charge is 0.383 e. The summed E-state index contributed by atoms with van der Waals surface area (Å²) < 4.78 is 15.5. The lowest BCUT2D eigenvalue weighted by molar-refractivity contribution is 0.631. The zero-order valence-corrected chi connectivity index (χ0v) is 17.3. The van der Waals surface area contributed by atoms with Gasteiger partial charge in [0.2, 0.25) is 0 Å². The van der Waals surface area contributed by atoms with Gasteiger partial charge in [-0.25, -0.2) is 19.9 Å². The molecule has 0 amide bonds. The van der Waals surface area contributed by atoms with Crippen molar-refractivity contribution in [2.45, 2.75) is 6.54 Å². The number of nitrogens with one attached hydrogen (secondary N) is 2. The molecule has 8 nitrogen and oxygen atoms in total. The van der Waals surface area contributed by atoms with E-state index in [1.807, 2.05) is 0 Å². The van der Waals surface area contributed by atoms with Crippen LogP contribution in [0.15, 0.2) is 71.9 Å². The highest BCUT2D eigenvalue weighted by molar-refractivity contribution is 6.30. The van der Waals surface area contributed by atoms with E-state index in [0.717, 1.165) is 0 Å². The number of nitriles is 1. The fourth-order valence-electron chi connectivity index (χ4n) is 3.38. The second kappa shape index (κ2) is 8.83. The van der Waals surface area contributed by atoms with E-state index in [1.165, 1.54) is 18.6 Å². The van der Waals surface area contributed by atoms with E-state index < -0.39 is 5.82 Å². The Hall–Kier alpha value is -4.29. The van der Waals surface area contributed by atoms with Crippen LogP contribution in [0.4, 0.5) is 15.9 Å². The quantitative estimate of drug-likeness (QED) is 0.345. The highest BCUT2D eigenvalue weighted by atomic mass is 35.5. The molecular formula is C22H16ClFN8. The number of rotatable bonds is 6. The van der Waals surface area contributed by atoms with Crippen molar-refractivity contribution < 1.29 is 4.39 Å². The third-order valence-electron chi connectivity index (χ3n) is 4.84. The number of fused-ring (bicyclic) bond motifs is 1. The number of para-hydroxylation sites is 1. The lowest BCUT2D eigenvalue weighted by atomic mass is 10.0. The maximum absolute atomic E-state index is 13.9. The molecule has 4 N–H and O–H groups in total. The average molecular weight is 447 g/mol. The lowest BCUT2D eigenvalue weighted by Gasteiger charge is -2.08. The fourth-order valence-corrected chi connectivity index (χ4v) is 3.50. The van der Waals surface area contributed by atoms with Crippen molar-refractivity contribution in [2.24, 2.45) is 5.11 Å².